The molecule has 2 unspecified atom stereocenters. The van der Waals surface area contributed by atoms with Crippen molar-refractivity contribution in [3.8, 4) is 0 Å². The number of rotatable bonds is 4. The van der Waals surface area contributed by atoms with Crippen LogP contribution in [-0.4, -0.2) is 49.8 Å². The molecule has 0 aliphatic carbocycles. The summed E-state index contributed by atoms with van der Waals surface area (Å²) in [4.78, 5) is 13.9. The second-order valence-corrected chi connectivity index (χ2v) is 5.55. The van der Waals surface area contributed by atoms with E-state index in [1.165, 1.54) is 12.1 Å². The molecule has 2 aliphatic rings. The molecule has 114 valence electrons. The summed E-state index contributed by atoms with van der Waals surface area (Å²) in [6, 6.07) is 6.21. The first kappa shape index (κ1) is 14.4. The van der Waals surface area contributed by atoms with Crippen molar-refractivity contribution in [2.75, 3.05) is 33.4 Å². The van der Waals surface area contributed by atoms with Crippen LogP contribution in [0.25, 0.3) is 0 Å². The molecule has 1 aromatic carbocycles. The van der Waals surface area contributed by atoms with Crippen LogP contribution in [0.2, 0.25) is 0 Å². The molecule has 0 spiro atoms. The first-order valence-corrected chi connectivity index (χ1v) is 7.05. The highest BCUT2D eigenvalue weighted by molar-refractivity contribution is 5.81. The lowest BCUT2D eigenvalue weighted by molar-refractivity contribution is -0.133. The van der Waals surface area contributed by atoms with E-state index >= 15 is 0 Å². The Balaban J connectivity index is 1.81. The third kappa shape index (κ3) is 2.79. The Hall–Kier alpha value is -1.50. The minimum Gasteiger partial charge on any atom is -0.378 e. The van der Waals surface area contributed by atoms with Crippen molar-refractivity contribution in [3.05, 3.63) is 35.6 Å². The Morgan fingerprint density at radius 3 is 2.86 bits per heavy atom. The molecule has 2 saturated heterocycles. The average molecular weight is 294 g/mol. The van der Waals surface area contributed by atoms with Gasteiger partial charge in [0.15, 0.2) is 0 Å². The Morgan fingerprint density at radius 1 is 1.48 bits per heavy atom. The van der Waals surface area contributed by atoms with Gasteiger partial charge in [0.25, 0.3) is 0 Å². The summed E-state index contributed by atoms with van der Waals surface area (Å²) in [6.07, 6.45) is 0.523. The fraction of sp³-hybridized carbons (Fsp3) is 0.533. The Bertz CT molecular complexity index is 514. The Morgan fingerprint density at radius 2 is 2.24 bits per heavy atom. The molecule has 2 aliphatic heterocycles. The van der Waals surface area contributed by atoms with Crippen molar-refractivity contribution >= 4 is 5.91 Å². The number of ether oxygens (including phenoxy) is 2. The summed E-state index contributed by atoms with van der Waals surface area (Å²) in [7, 11) is 1.65. The zero-order chi connectivity index (χ0) is 14.9. The summed E-state index contributed by atoms with van der Waals surface area (Å²) in [6.45, 7) is 1.88. The molecular formula is C15H19FN2O3. The molecule has 0 aromatic heterocycles. The lowest BCUT2D eigenvalue weighted by Gasteiger charge is -2.34. The minimum atomic E-state index is -0.444. The Kier molecular flexibility index (Phi) is 3.93. The van der Waals surface area contributed by atoms with Gasteiger partial charge in [0, 0.05) is 20.1 Å². The normalized spacial score (nSPS) is 29.3. The van der Waals surface area contributed by atoms with Crippen LogP contribution in [0, 0.1) is 5.82 Å². The van der Waals surface area contributed by atoms with Gasteiger partial charge in [0.05, 0.1) is 19.7 Å². The second-order valence-electron chi connectivity index (χ2n) is 5.55. The standard InChI is InChI=1S/C15H19FN2O3/c1-20-15(6-7-21-10-15)9-18-13(19)8-17-14(18)11-2-4-12(16)5-3-11/h2-5,14,17H,6-10H2,1H3. The van der Waals surface area contributed by atoms with E-state index in [-0.39, 0.29) is 24.4 Å². The van der Waals surface area contributed by atoms with Gasteiger partial charge in [-0.25, -0.2) is 4.39 Å². The summed E-state index contributed by atoms with van der Waals surface area (Å²) < 4.78 is 24.1. The van der Waals surface area contributed by atoms with Gasteiger partial charge in [-0.05, 0) is 17.7 Å². The van der Waals surface area contributed by atoms with Crippen LogP contribution in [0.15, 0.2) is 24.3 Å². The number of nitrogens with zero attached hydrogens (tertiary/aromatic N) is 1. The minimum absolute atomic E-state index is 0.0210. The SMILES string of the molecule is COC1(CN2C(=O)CNC2c2ccc(F)cc2)CCOC1. The fourth-order valence-corrected chi connectivity index (χ4v) is 2.91. The van der Waals surface area contributed by atoms with Crippen molar-refractivity contribution in [1.29, 1.82) is 0 Å². The van der Waals surface area contributed by atoms with Gasteiger partial charge in [0.2, 0.25) is 5.91 Å². The average Bonchev–Trinajstić information content (AvgIpc) is 3.10. The molecule has 2 heterocycles. The molecular weight excluding hydrogens is 275 g/mol. The number of carbonyl (C=O) groups excluding carboxylic acids is 1. The highest BCUT2D eigenvalue weighted by Gasteiger charge is 2.42. The highest BCUT2D eigenvalue weighted by atomic mass is 19.1. The van der Waals surface area contributed by atoms with Crippen molar-refractivity contribution in [1.82, 2.24) is 10.2 Å². The van der Waals surface area contributed by atoms with Gasteiger partial charge in [-0.15, -0.1) is 0 Å². The van der Waals surface area contributed by atoms with Gasteiger partial charge < -0.3 is 14.4 Å². The van der Waals surface area contributed by atoms with E-state index in [1.807, 2.05) is 0 Å². The van der Waals surface area contributed by atoms with E-state index in [0.717, 1.165) is 12.0 Å². The number of benzene rings is 1. The smallest absolute Gasteiger partial charge is 0.238 e. The molecule has 3 rings (SSSR count). The number of hydrogen-bond acceptors (Lipinski definition) is 4. The monoisotopic (exact) mass is 294 g/mol. The van der Waals surface area contributed by atoms with Gasteiger partial charge in [-0.3, -0.25) is 10.1 Å². The van der Waals surface area contributed by atoms with E-state index in [4.69, 9.17) is 9.47 Å². The maximum Gasteiger partial charge on any atom is 0.238 e. The van der Waals surface area contributed by atoms with Gasteiger partial charge in [-0.2, -0.15) is 0 Å². The summed E-state index contributed by atoms with van der Waals surface area (Å²) in [5, 5.41) is 3.17. The molecule has 21 heavy (non-hydrogen) atoms. The van der Waals surface area contributed by atoms with Crippen LogP contribution in [0.4, 0.5) is 4.39 Å². The highest BCUT2D eigenvalue weighted by Crippen LogP contribution is 2.29. The predicted octanol–water partition coefficient (Wildman–Crippen LogP) is 1.06. The number of methoxy groups -OCH3 is 1. The maximum absolute atomic E-state index is 13.1. The first-order valence-electron chi connectivity index (χ1n) is 7.05. The van der Waals surface area contributed by atoms with Gasteiger partial charge in [0.1, 0.15) is 17.6 Å². The molecule has 0 bridgehead atoms. The van der Waals surface area contributed by atoms with Crippen LogP contribution >= 0.6 is 0 Å². The quantitative estimate of drug-likeness (QED) is 0.902. The first-order chi connectivity index (χ1) is 10.1. The summed E-state index contributed by atoms with van der Waals surface area (Å²) in [5.74, 6) is -0.264. The van der Waals surface area contributed by atoms with E-state index in [2.05, 4.69) is 5.32 Å². The molecule has 2 fully saturated rings. The number of amides is 1. The van der Waals surface area contributed by atoms with Crippen molar-refractivity contribution in [2.24, 2.45) is 0 Å². The fourth-order valence-electron chi connectivity index (χ4n) is 2.91. The predicted molar refractivity (Wildman–Crippen MR) is 74.0 cm³/mol. The number of hydrogen-bond donors (Lipinski definition) is 1. The molecule has 1 aromatic rings. The molecule has 5 nitrogen and oxygen atoms in total. The third-order valence-electron chi connectivity index (χ3n) is 4.22. The van der Waals surface area contributed by atoms with Crippen LogP contribution in [0.5, 0.6) is 0 Å². The molecule has 1 amide bonds. The number of halogens is 1. The van der Waals surface area contributed by atoms with Crippen LogP contribution in [0.3, 0.4) is 0 Å². The number of carbonyl (C=O) groups is 1. The van der Waals surface area contributed by atoms with Gasteiger partial charge in [-0.1, -0.05) is 12.1 Å². The summed E-state index contributed by atoms with van der Waals surface area (Å²) in [5.41, 5.74) is 0.423. The Labute approximate surface area is 123 Å². The van der Waals surface area contributed by atoms with E-state index in [1.54, 1.807) is 24.1 Å². The zero-order valence-electron chi connectivity index (χ0n) is 12.0. The maximum atomic E-state index is 13.1. The summed E-state index contributed by atoms with van der Waals surface area (Å²) >= 11 is 0. The lowest BCUT2D eigenvalue weighted by atomic mass is 10.0. The van der Waals surface area contributed by atoms with Crippen molar-refractivity contribution < 1.29 is 18.7 Å². The lowest BCUT2D eigenvalue weighted by Crippen LogP contribution is -2.47. The van der Waals surface area contributed by atoms with E-state index in [9.17, 15) is 9.18 Å². The van der Waals surface area contributed by atoms with E-state index < -0.39 is 5.60 Å². The topological polar surface area (TPSA) is 50.8 Å². The van der Waals surface area contributed by atoms with Gasteiger partial charge >= 0.3 is 0 Å². The third-order valence-corrected chi connectivity index (χ3v) is 4.22. The van der Waals surface area contributed by atoms with E-state index in [0.29, 0.717) is 19.8 Å². The van der Waals surface area contributed by atoms with Crippen LogP contribution in [0.1, 0.15) is 18.2 Å². The van der Waals surface area contributed by atoms with Crippen molar-refractivity contribution in [2.45, 2.75) is 18.2 Å². The number of nitrogens with one attached hydrogen (secondary N) is 1. The van der Waals surface area contributed by atoms with Crippen molar-refractivity contribution in [3.63, 3.8) is 0 Å². The molecule has 2 atom stereocenters. The molecule has 0 radical (unpaired) electrons. The van der Waals surface area contributed by atoms with Crippen LogP contribution < -0.4 is 5.32 Å². The molecule has 0 saturated carbocycles. The largest absolute Gasteiger partial charge is 0.378 e. The van der Waals surface area contributed by atoms with Crippen LogP contribution in [-0.2, 0) is 14.3 Å². The second kappa shape index (κ2) is 5.71. The molecule has 1 N–H and O–H groups in total. The molecule has 6 heteroatoms. The zero-order valence-corrected chi connectivity index (χ0v) is 12.0.